The van der Waals surface area contributed by atoms with Crippen molar-refractivity contribution in [2.75, 3.05) is 12.0 Å². The van der Waals surface area contributed by atoms with Crippen LogP contribution in [0.15, 0.2) is 41.3 Å². The fourth-order valence-corrected chi connectivity index (χ4v) is 2.31. The molecule has 0 atom stereocenters. The monoisotopic (exact) mass is 318 g/mol. The first kappa shape index (κ1) is 16.7. The van der Waals surface area contributed by atoms with Gasteiger partial charge in [-0.15, -0.1) is 0 Å². The molecule has 0 saturated carbocycles. The zero-order chi connectivity index (χ0) is 17.1. The Morgan fingerprint density at radius 2 is 1.96 bits per heavy atom. The number of aromatic nitrogens is 1. The van der Waals surface area contributed by atoms with Crippen molar-refractivity contribution in [2.24, 2.45) is 7.05 Å². The topological polar surface area (TPSA) is 51.5 Å². The van der Waals surface area contributed by atoms with Crippen molar-refractivity contribution in [1.82, 2.24) is 4.57 Å². The van der Waals surface area contributed by atoms with Gasteiger partial charge in [0, 0.05) is 37.1 Å². The largest absolute Gasteiger partial charge is 0.494 e. The van der Waals surface area contributed by atoms with Gasteiger partial charge in [-0.25, -0.2) is 4.39 Å². The molecular weight excluding hydrogens is 299 g/mol. The molecule has 2 rings (SSSR count). The number of benzene rings is 1. The van der Waals surface area contributed by atoms with Crippen molar-refractivity contribution in [1.29, 1.82) is 0 Å². The van der Waals surface area contributed by atoms with Crippen LogP contribution in [0.4, 0.5) is 10.1 Å². The Hall–Kier alpha value is -2.63. The first-order valence-electron chi connectivity index (χ1n) is 7.19. The Morgan fingerprint density at radius 1 is 1.26 bits per heavy atom. The van der Waals surface area contributed by atoms with Crippen molar-refractivity contribution in [3.8, 4) is 5.75 Å². The van der Waals surface area contributed by atoms with Gasteiger partial charge in [0.15, 0.2) is 11.6 Å². The van der Waals surface area contributed by atoms with Gasteiger partial charge in [-0.2, -0.15) is 0 Å². The highest BCUT2D eigenvalue weighted by Gasteiger charge is 2.22. The lowest BCUT2D eigenvalue weighted by Gasteiger charge is -2.27. The zero-order valence-electron chi connectivity index (χ0n) is 13.5. The van der Waals surface area contributed by atoms with Crippen LogP contribution in [-0.4, -0.2) is 23.6 Å². The zero-order valence-corrected chi connectivity index (χ0v) is 13.5. The number of carbonyl (C=O) groups excluding carboxylic acids is 1. The summed E-state index contributed by atoms with van der Waals surface area (Å²) in [6.45, 7) is 3.67. The van der Waals surface area contributed by atoms with Crippen molar-refractivity contribution in [2.45, 2.75) is 19.9 Å². The van der Waals surface area contributed by atoms with Gasteiger partial charge in [0.05, 0.1) is 12.7 Å². The van der Waals surface area contributed by atoms with Crippen LogP contribution in [0.5, 0.6) is 5.75 Å². The molecule has 1 amide bonds. The van der Waals surface area contributed by atoms with Crippen LogP contribution < -0.4 is 15.2 Å². The highest BCUT2D eigenvalue weighted by Crippen LogP contribution is 2.26. The molecule has 0 aliphatic heterocycles. The Bertz CT molecular complexity index is 784. The summed E-state index contributed by atoms with van der Waals surface area (Å²) in [5, 5.41) is 0. The van der Waals surface area contributed by atoms with E-state index in [1.807, 2.05) is 13.8 Å². The fraction of sp³-hybridized carbons (Fsp3) is 0.294. The Labute approximate surface area is 133 Å². The molecule has 1 heterocycles. The fourth-order valence-electron chi connectivity index (χ4n) is 2.31. The maximum Gasteiger partial charge on any atom is 0.259 e. The summed E-state index contributed by atoms with van der Waals surface area (Å²) >= 11 is 0. The van der Waals surface area contributed by atoms with E-state index in [-0.39, 0.29) is 23.3 Å². The van der Waals surface area contributed by atoms with Crippen LogP contribution in [0.3, 0.4) is 0 Å². The minimum atomic E-state index is -0.538. The normalized spacial score (nSPS) is 10.7. The molecule has 0 N–H and O–H groups in total. The van der Waals surface area contributed by atoms with E-state index < -0.39 is 5.82 Å². The van der Waals surface area contributed by atoms with Crippen molar-refractivity contribution in [3.63, 3.8) is 0 Å². The number of hydrogen-bond donors (Lipinski definition) is 0. The van der Waals surface area contributed by atoms with Crippen LogP contribution in [0.2, 0.25) is 0 Å². The molecule has 0 bridgehead atoms. The first-order valence-corrected chi connectivity index (χ1v) is 7.19. The summed E-state index contributed by atoms with van der Waals surface area (Å²) in [6, 6.07) is 6.99. The third-order valence-electron chi connectivity index (χ3n) is 3.48. The second-order valence-corrected chi connectivity index (χ2v) is 5.45. The number of ether oxygens (including phenoxy) is 1. The number of anilines is 1. The van der Waals surface area contributed by atoms with Gasteiger partial charge in [-0.1, -0.05) is 0 Å². The second-order valence-electron chi connectivity index (χ2n) is 5.45. The van der Waals surface area contributed by atoms with Gasteiger partial charge in [0.25, 0.3) is 5.91 Å². The van der Waals surface area contributed by atoms with Gasteiger partial charge in [0.1, 0.15) is 0 Å². The second kappa shape index (κ2) is 6.64. The van der Waals surface area contributed by atoms with Gasteiger partial charge < -0.3 is 14.2 Å². The lowest BCUT2D eigenvalue weighted by molar-refractivity contribution is 0.0979. The van der Waals surface area contributed by atoms with Crippen LogP contribution in [0.1, 0.15) is 24.2 Å². The number of carbonyl (C=O) groups is 1. The van der Waals surface area contributed by atoms with E-state index in [4.69, 9.17) is 4.74 Å². The number of hydrogen-bond acceptors (Lipinski definition) is 3. The summed E-state index contributed by atoms with van der Waals surface area (Å²) in [4.78, 5) is 25.7. The molecule has 0 radical (unpaired) electrons. The van der Waals surface area contributed by atoms with Crippen molar-refractivity contribution in [3.05, 3.63) is 58.3 Å². The van der Waals surface area contributed by atoms with Gasteiger partial charge in [-0.3, -0.25) is 9.59 Å². The summed E-state index contributed by atoms with van der Waals surface area (Å²) in [5.41, 5.74) is 0.585. The molecule has 23 heavy (non-hydrogen) atoms. The van der Waals surface area contributed by atoms with E-state index in [9.17, 15) is 14.0 Å². The lowest BCUT2D eigenvalue weighted by atomic mass is 10.1. The molecule has 0 aliphatic rings. The van der Waals surface area contributed by atoms with E-state index in [2.05, 4.69) is 0 Å². The maximum atomic E-state index is 13.9. The van der Waals surface area contributed by atoms with E-state index in [1.165, 1.54) is 47.0 Å². The van der Waals surface area contributed by atoms with E-state index in [0.717, 1.165) is 0 Å². The summed E-state index contributed by atoms with van der Waals surface area (Å²) in [6.07, 6.45) is 1.47. The molecule has 1 aromatic heterocycles. The molecule has 0 spiro atoms. The van der Waals surface area contributed by atoms with Crippen LogP contribution >= 0.6 is 0 Å². The molecule has 2 aromatic rings. The van der Waals surface area contributed by atoms with Crippen LogP contribution in [0.25, 0.3) is 0 Å². The third kappa shape index (κ3) is 3.41. The standard InChI is InChI=1S/C17H19FN2O3/c1-11(2)20(13-6-7-15(23-4)14(18)9-13)17(22)12-5-8-16(21)19(3)10-12/h5-11H,1-4H3. The average molecular weight is 318 g/mol. The molecule has 5 nitrogen and oxygen atoms in total. The molecule has 0 saturated heterocycles. The molecule has 0 aliphatic carbocycles. The van der Waals surface area contributed by atoms with E-state index in [1.54, 1.807) is 13.1 Å². The van der Waals surface area contributed by atoms with Gasteiger partial charge in [-0.05, 0) is 32.0 Å². The molecule has 1 aromatic carbocycles. The Kier molecular flexibility index (Phi) is 4.83. The van der Waals surface area contributed by atoms with E-state index in [0.29, 0.717) is 11.3 Å². The predicted octanol–water partition coefficient (Wildman–Crippen LogP) is 2.59. The molecule has 6 heteroatoms. The van der Waals surface area contributed by atoms with Gasteiger partial charge >= 0.3 is 0 Å². The number of pyridine rings is 1. The molecule has 0 fully saturated rings. The van der Waals surface area contributed by atoms with Crippen molar-refractivity contribution < 1.29 is 13.9 Å². The predicted molar refractivity (Wildman–Crippen MR) is 86.6 cm³/mol. The summed E-state index contributed by atoms with van der Waals surface area (Å²) in [7, 11) is 2.96. The van der Waals surface area contributed by atoms with Crippen molar-refractivity contribution >= 4 is 11.6 Å². The third-order valence-corrected chi connectivity index (χ3v) is 3.48. The lowest BCUT2D eigenvalue weighted by Crippen LogP contribution is -2.37. The van der Waals surface area contributed by atoms with Crippen LogP contribution in [0, 0.1) is 5.82 Å². The Morgan fingerprint density at radius 3 is 2.48 bits per heavy atom. The summed E-state index contributed by atoms with van der Waals surface area (Å²) in [5.74, 6) is -0.726. The highest BCUT2D eigenvalue weighted by molar-refractivity contribution is 6.06. The van der Waals surface area contributed by atoms with Gasteiger partial charge in [0.2, 0.25) is 5.56 Å². The van der Waals surface area contributed by atoms with Crippen LogP contribution in [-0.2, 0) is 7.05 Å². The number of methoxy groups -OCH3 is 1. The number of halogens is 1. The quantitative estimate of drug-likeness (QED) is 0.870. The Balaban J connectivity index is 2.45. The minimum Gasteiger partial charge on any atom is -0.494 e. The smallest absolute Gasteiger partial charge is 0.259 e. The summed E-state index contributed by atoms with van der Waals surface area (Å²) < 4.78 is 20.2. The van der Waals surface area contributed by atoms with E-state index >= 15 is 0 Å². The minimum absolute atomic E-state index is 0.118. The number of rotatable bonds is 4. The average Bonchev–Trinajstić information content (AvgIpc) is 2.50. The number of aryl methyl sites for hydroxylation is 1. The molecular formula is C17H19FN2O3. The highest BCUT2D eigenvalue weighted by atomic mass is 19.1. The molecule has 0 unspecified atom stereocenters. The number of amides is 1. The SMILES string of the molecule is COc1ccc(N(C(=O)c2ccc(=O)n(C)c2)C(C)C)cc1F. The maximum absolute atomic E-state index is 13.9. The number of nitrogens with zero attached hydrogens (tertiary/aromatic N) is 2. The molecule has 122 valence electrons. The first-order chi connectivity index (χ1) is 10.8.